The van der Waals surface area contributed by atoms with E-state index >= 15 is 0 Å². The molecule has 2 rings (SSSR count). The maximum Gasteiger partial charge on any atom is 0.195 e. The van der Waals surface area contributed by atoms with Crippen LogP contribution in [-0.4, -0.2) is 36.3 Å². The Labute approximate surface area is 128 Å². The van der Waals surface area contributed by atoms with Crippen molar-refractivity contribution in [3.63, 3.8) is 0 Å². The van der Waals surface area contributed by atoms with E-state index in [1.807, 2.05) is 0 Å². The zero-order valence-corrected chi connectivity index (χ0v) is 12.4. The summed E-state index contributed by atoms with van der Waals surface area (Å²) in [4.78, 5) is 12.2. The van der Waals surface area contributed by atoms with Gasteiger partial charge in [-0.25, -0.2) is 0 Å². The highest BCUT2D eigenvalue weighted by atomic mass is 16.5. The lowest BCUT2D eigenvalue weighted by atomic mass is 9.99. The summed E-state index contributed by atoms with van der Waals surface area (Å²) in [7, 11) is 3.04. The number of aromatic hydroxyl groups is 1. The molecule has 0 saturated heterocycles. The molecule has 5 nitrogen and oxygen atoms in total. The largest absolute Gasteiger partial charge is 0.507 e. The van der Waals surface area contributed by atoms with Gasteiger partial charge in [0.1, 0.15) is 23.4 Å². The van der Waals surface area contributed by atoms with E-state index in [0.29, 0.717) is 11.5 Å². The highest BCUT2D eigenvalue weighted by molar-refractivity contribution is 6.01. The molecule has 0 amide bonds. The fourth-order valence-electron chi connectivity index (χ4n) is 2.10. The predicted molar refractivity (Wildman–Crippen MR) is 81.7 cm³/mol. The van der Waals surface area contributed by atoms with Crippen LogP contribution in [-0.2, 0) is 6.42 Å². The van der Waals surface area contributed by atoms with Gasteiger partial charge >= 0.3 is 0 Å². The number of rotatable bonds is 6. The van der Waals surface area contributed by atoms with E-state index in [1.54, 1.807) is 37.4 Å². The number of phenols is 1. The molecule has 0 fully saturated rings. The topological polar surface area (TPSA) is 76.0 Å². The molecule has 0 bridgehead atoms. The van der Waals surface area contributed by atoms with E-state index in [4.69, 9.17) is 9.47 Å². The zero-order valence-electron chi connectivity index (χ0n) is 12.4. The molecule has 0 unspecified atom stereocenters. The van der Waals surface area contributed by atoms with Gasteiger partial charge in [0.2, 0.25) is 0 Å². The first-order chi connectivity index (χ1) is 10.5. The van der Waals surface area contributed by atoms with E-state index in [-0.39, 0.29) is 17.7 Å². The summed E-state index contributed by atoms with van der Waals surface area (Å²) in [5.74, 6) is 0.408. The molecule has 0 heterocycles. The van der Waals surface area contributed by atoms with Crippen LogP contribution < -0.4 is 9.47 Å². The molecule has 1 atom stereocenters. The van der Waals surface area contributed by atoms with Crippen molar-refractivity contribution in [2.24, 2.45) is 0 Å². The third kappa shape index (κ3) is 3.56. The highest BCUT2D eigenvalue weighted by Gasteiger charge is 2.21. The second-order valence-electron chi connectivity index (χ2n) is 4.82. The lowest BCUT2D eigenvalue weighted by molar-refractivity contribution is 0.0745. The fourth-order valence-corrected chi connectivity index (χ4v) is 2.10. The highest BCUT2D eigenvalue weighted by Crippen LogP contribution is 2.25. The van der Waals surface area contributed by atoms with E-state index < -0.39 is 11.9 Å². The van der Waals surface area contributed by atoms with Crippen LogP contribution in [0, 0.1) is 0 Å². The molecule has 0 spiro atoms. The molecule has 5 heteroatoms. The number of methoxy groups -OCH3 is 2. The number of aliphatic hydroxyl groups is 1. The average Bonchev–Trinajstić information content (AvgIpc) is 2.54. The monoisotopic (exact) mass is 302 g/mol. The Hall–Kier alpha value is -2.53. The van der Waals surface area contributed by atoms with Crippen molar-refractivity contribution in [3.8, 4) is 17.2 Å². The van der Waals surface area contributed by atoms with Gasteiger partial charge in [-0.1, -0.05) is 12.1 Å². The van der Waals surface area contributed by atoms with Crippen LogP contribution in [0.5, 0.6) is 17.2 Å². The Morgan fingerprint density at radius 2 is 1.64 bits per heavy atom. The molecule has 116 valence electrons. The minimum absolute atomic E-state index is 0.0711. The van der Waals surface area contributed by atoms with E-state index in [9.17, 15) is 15.0 Å². The standard InChI is InChI=1S/C17H18O5/c1-21-12-5-3-11(4-6-12)9-16(19)17(20)14-8-7-13(22-2)10-15(14)18/h3-8,10,16,18-19H,9H2,1-2H3/t16-/m1/s1. The van der Waals surface area contributed by atoms with Crippen molar-refractivity contribution < 1.29 is 24.5 Å². The number of ether oxygens (including phenoxy) is 2. The molecule has 0 saturated carbocycles. The van der Waals surface area contributed by atoms with Crippen LogP contribution in [0.25, 0.3) is 0 Å². The third-order valence-electron chi connectivity index (χ3n) is 3.36. The Bertz CT molecular complexity index is 649. The summed E-state index contributed by atoms with van der Waals surface area (Å²) in [5, 5.41) is 19.9. The number of hydrogen-bond acceptors (Lipinski definition) is 5. The van der Waals surface area contributed by atoms with Crippen molar-refractivity contribution >= 4 is 5.78 Å². The first-order valence-corrected chi connectivity index (χ1v) is 6.77. The smallest absolute Gasteiger partial charge is 0.195 e. The van der Waals surface area contributed by atoms with Crippen molar-refractivity contribution in [1.29, 1.82) is 0 Å². The van der Waals surface area contributed by atoms with Gasteiger partial charge in [-0.05, 0) is 29.8 Å². The molecule has 0 aliphatic rings. The lowest BCUT2D eigenvalue weighted by Gasteiger charge is -2.12. The number of phenolic OH excluding ortho intramolecular Hbond substituents is 1. The van der Waals surface area contributed by atoms with Crippen LogP contribution in [0.3, 0.4) is 0 Å². The van der Waals surface area contributed by atoms with Crippen LogP contribution in [0.15, 0.2) is 42.5 Å². The number of benzene rings is 2. The van der Waals surface area contributed by atoms with Gasteiger partial charge in [0, 0.05) is 12.5 Å². The van der Waals surface area contributed by atoms with Gasteiger partial charge in [0.15, 0.2) is 5.78 Å². The first-order valence-electron chi connectivity index (χ1n) is 6.77. The quantitative estimate of drug-likeness (QED) is 0.800. The fraction of sp³-hybridized carbons (Fsp3) is 0.235. The molecule has 22 heavy (non-hydrogen) atoms. The van der Waals surface area contributed by atoms with E-state index in [0.717, 1.165) is 5.56 Å². The molecular weight excluding hydrogens is 284 g/mol. The molecule has 0 aromatic heterocycles. The molecule has 0 radical (unpaired) electrons. The summed E-state index contributed by atoms with van der Waals surface area (Å²) in [6.07, 6.45) is -1.07. The average molecular weight is 302 g/mol. The summed E-state index contributed by atoms with van der Waals surface area (Å²) in [6, 6.07) is 11.4. The minimum Gasteiger partial charge on any atom is -0.507 e. The van der Waals surface area contributed by atoms with Gasteiger partial charge in [-0.2, -0.15) is 0 Å². The van der Waals surface area contributed by atoms with Gasteiger partial charge in [-0.3, -0.25) is 4.79 Å². The molecule has 2 aromatic rings. The van der Waals surface area contributed by atoms with Crippen molar-refractivity contribution in [2.45, 2.75) is 12.5 Å². The SMILES string of the molecule is COc1ccc(C[C@@H](O)C(=O)c2ccc(OC)cc2O)cc1. The van der Waals surface area contributed by atoms with E-state index in [2.05, 4.69) is 0 Å². The Balaban J connectivity index is 2.11. The van der Waals surface area contributed by atoms with Gasteiger partial charge in [-0.15, -0.1) is 0 Å². The number of carbonyl (C=O) groups excluding carboxylic acids is 1. The normalized spacial score (nSPS) is 11.8. The Kier molecular flexibility index (Phi) is 5.01. The molecule has 2 N–H and O–H groups in total. The number of Topliss-reactive ketones (excluding diaryl/α,β-unsaturated/α-hetero) is 1. The van der Waals surface area contributed by atoms with Gasteiger partial charge < -0.3 is 19.7 Å². The van der Waals surface area contributed by atoms with Crippen LogP contribution >= 0.6 is 0 Å². The summed E-state index contributed by atoms with van der Waals surface area (Å²) < 4.78 is 10.0. The Morgan fingerprint density at radius 3 is 2.18 bits per heavy atom. The summed E-state index contributed by atoms with van der Waals surface area (Å²) in [6.45, 7) is 0. The molecule has 0 aliphatic carbocycles. The number of carbonyl (C=O) groups is 1. The third-order valence-corrected chi connectivity index (χ3v) is 3.36. The first kappa shape index (κ1) is 15.9. The predicted octanol–water partition coefficient (Wildman–Crippen LogP) is 2.20. The maximum atomic E-state index is 12.2. The van der Waals surface area contributed by atoms with Gasteiger partial charge in [0.05, 0.1) is 19.8 Å². The number of aliphatic hydroxyl groups excluding tert-OH is 1. The van der Waals surface area contributed by atoms with E-state index in [1.165, 1.54) is 19.2 Å². The maximum absolute atomic E-state index is 12.2. The lowest BCUT2D eigenvalue weighted by Crippen LogP contribution is -2.23. The van der Waals surface area contributed by atoms with Crippen molar-refractivity contribution in [2.75, 3.05) is 14.2 Å². The molecule has 0 aliphatic heterocycles. The zero-order chi connectivity index (χ0) is 16.1. The summed E-state index contributed by atoms with van der Waals surface area (Å²) >= 11 is 0. The number of hydrogen-bond donors (Lipinski definition) is 2. The van der Waals surface area contributed by atoms with Crippen LogP contribution in [0.1, 0.15) is 15.9 Å². The van der Waals surface area contributed by atoms with Crippen LogP contribution in [0.2, 0.25) is 0 Å². The van der Waals surface area contributed by atoms with Crippen molar-refractivity contribution in [1.82, 2.24) is 0 Å². The van der Waals surface area contributed by atoms with Crippen molar-refractivity contribution in [3.05, 3.63) is 53.6 Å². The second-order valence-corrected chi connectivity index (χ2v) is 4.82. The minimum atomic E-state index is -1.23. The molecule has 2 aromatic carbocycles. The second kappa shape index (κ2) is 6.95. The van der Waals surface area contributed by atoms with Crippen LogP contribution in [0.4, 0.5) is 0 Å². The van der Waals surface area contributed by atoms with Gasteiger partial charge in [0.25, 0.3) is 0 Å². The summed E-state index contributed by atoms with van der Waals surface area (Å²) in [5.41, 5.74) is 0.872. The Morgan fingerprint density at radius 1 is 1.05 bits per heavy atom. The number of ketones is 1. The molecular formula is C17H18O5.